The smallest absolute Gasteiger partial charge is 0.326 e. The van der Waals surface area contributed by atoms with Gasteiger partial charge < -0.3 is 5.32 Å². The van der Waals surface area contributed by atoms with Crippen LogP contribution in [0.5, 0.6) is 0 Å². The molecule has 0 unspecified atom stereocenters. The number of H-pyrrole nitrogens is 1. The fourth-order valence-corrected chi connectivity index (χ4v) is 2.38. The Balaban J connectivity index is 1.95. The average Bonchev–Trinajstić information content (AvgIpc) is 2.54. The summed E-state index contributed by atoms with van der Waals surface area (Å²) in [6.07, 6.45) is -4.44. The number of nitrogens with zero attached hydrogens (tertiary/aromatic N) is 1. The molecule has 0 radical (unpaired) electrons. The first-order chi connectivity index (χ1) is 11.8. The van der Waals surface area contributed by atoms with Crippen LogP contribution < -0.4 is 10.9 Å². The van der Waals surface area contributed by atoms with Crippen LogP contribution in [-0.2, 0) is 6.18 Å². The molecule has 3 rings (SSSR count). The van der Waals surface area contributed by atoms with Crippen LogP contribution in [0, 0.1) is 6.92 Å². The van der Waals surface area contributed by atoms with Crippen molar-refractivity contribution in [1.29, 1.82) is 0 Å². The SMILES string of the molecule is Cc1cccc(-c2cc(=O)[nH]c(Nc3cccc(C(F)(F)F)c3)n2)c1. The molecule has 128 valence electrons. The van der Waals surface area contributed by atoms with E-state index < -0.39 is 17.3 Å². The summed E-state index contributed by atoms with van der Waals surface area (Å²) in [5, 5.41) is 2.72. The topological polar surface area (TPSA) is 57.8 Å². The highest BCUT2D eigenvalue weighted by Gasteiger charge is 2.30. The minimum Gasteiger partial charge on any atom is -0.326 e. The standard InChI is InChI=1S/C18H14F3N3O/c1-11-4-2-5-12(8-11)15-10-16(25)24-17(23-15)22-14-7-3-6-13(9-14)18(19,20)21/h2-10H,1H3,(H2,22,23,24,25). The number of aromatic amines is 1. The number of rotatable bonds is 3. The van der Waals surface area contributed by atoms with Crippen molar-refractivity contribution in [3.05, 3.63) is 76.1 Å². The van der Waals surface area contributed by atoms with E-state index in [2.05, 4.69) is 15.3 Å². The monoisotopic (exact) mass is 345 g/mol. The highest BCUT2D eigenvalue weighted by atomic mass is 19.4. The second-order valence-corrected chi connectivity index (χ2v) is 5.55. The third kappa shape index (κ3) is 4.06. The van der Waals surface area contributed by atoms with Crippen molar-refractivity contribution >= 4 is 11.6 Å². The minimum absolute atomic E-state index is 0.0725. The third-order valence-electron chi connectivity index (χ3n) is 3.51. The number of hydrogen-bond acceptors (Lipinski definition) is 3. The van der Waals surface area contributed by atoms with E-state index in [0.29, 0.717) is 5.69 Å². The van der Waals surface area contributed by atoms with Gasteiger partial charge in [0, 0.05) is 17.3 Å². The Labute approximate surface area is 141 Å². The van der Waals surface area contributed by atoms with Gasteiger partial charge in [0.25, 0.3) is 5.56 Å². The van der Waals surface area contributed by atoms with Gasteiger partial charge in [-0.25, -0.2) is 4.98 Å². The van der Waals surface area contributed by atoms with Gasteiger partial charge in [0.2, 0.25) is 5.95 Å². The van der Waals surface area contributed by atoms with E-state index in [-0.39, 0.29) is 11.6 Å². The molecular formula is C18H14F3N3O. The number of alkyl halides is 3. The first kappa shape index (κ1) is 16.8. The Morgan fingerprint density at radius 1 is 1.04 bits per heavy atom. The second-order valence-electron chi connectivity index (χ2n) is 5.55. The van der Waals surface area contributed by atoms with Crippen molar-refractivity contribution in [1.82, 2.24) is 9.97 Å². The first-order valence-electron chi connectivity index (χ1n) is 7.44. The van der Waals surface area contributed by atoms with E-state index in [0.717, 1.165) is 23.3 Å². The lowest BCUT2D eigenvalue weighted by Crippen LogP contribution is -2.11. The number of halogens is 3. The van der Waals surface area contributed by atoms with E-state index in [4.69, 9.17) is 0 Å². The summed E-state index contributed by atoms with van der Waals surface area (Å²) in [5.74, 6) is 0.0725. The van der Waals surface area contributed by atoms with Gasteiger partial charge in [0.05, 0.1) is 11.3 Å². The first-order valence-corrected chi connectivity index (χ1v) is 7.44. The summed E-state index contributed by atoms with van der Waals surface area (Å²) in [5.41, 5.74) is 1.18. The molecule has 2 N–H and O–H groups in total. The molecule has 7 heteroatoms. The molecule has 0 saturated carbocycles. The van der Waals surface area contributed by atoms with Crippen molar-refractivity contribution in [2.24, 2.45) is 0 Å². The molecule has 0 saturated heterocycles. The van der Waals surface area contributed by atoms with Crippen LogP contribution in [0.3, 0.4) is 0 Å². The Bertz CT molecular complexity index is 964. The van der Waals surface area contributed by atoms with E-state index in [1.165, 1.54) is 18.2 Å². The summed E-state index contributed by atoms with van der Waals surface area (Å²) < 4.78 is 38.4. The van der Waals surface area contributed by atoms with Gasteiger partial charge in [-0.1, -0.05) is 29.8 Å². The molecule has 4 nitrogen and oxygen atoms in total. The fraction of sp³-hybridized carbons (Fsp3) is 0.111. The maximum Gasteiger partial charge on any atom is 0.416 e. The molecule has 0 spiro atoms. The van der Waals surface area contributed by atoms with Crippen molar-refractivity contribution < 1.29 is 13.2 Å². The lowest BCUT2D eigenvalue weighted by Gasteiger charge is -2.11. The quantitative estimate of drug-likeness (QED) is 0.734. The van der Waals surface area contributed by atoms with Crippen molar-refractivity contribution in [3.8, 4) is 11.3 Å². The normalized spacial score (nSPS) is 11.4. The number of benzene rings is 2. The Hall–Kier alpha value is -3.09. The molecule has 0 fully saturated rings. The number of anilines is 2. The zero-order chi connectivity index (χ0) is 18.0. The number of aromatic nitrogens is 2. The number of hydrogen-bond donors (Lipinski definition) is 2. The summed E-state index contributed by atoms with van der Waals surface area (Å²) in [7, 11) is 0. The Morgan fingerprint density at radius 3 is 2.52 bits per heavy atom. The van der Waals surface area contributed by atoms with Crippen LogP contribution in [0.1, 0.15) is 11.1 Å². The van der Waals surface area contributed by atoms with Crippen molar-refractivity contribution in [2.75, 3.05) is 5.32 Å². The summed E-state index contributed by atoms with van der Waals surface area (Å²) >= 11 is 0. The lowest BCUT2D eigenvalue weighted by atomic mass is 10.1. The van der Waals surface area contributed by atoms with Gasteiger partial charge in [0.1, 0.15) is 0 Å². The van der Waals surface area contributed by atoms with Gasteiger partial charge in [0.15, 0.2) is 0 Å². The molecule has 25 heavy (non-hydrogen) atoms. The molecule has 0 bridgehead atoms. The summed E-state index contributed by atoms with van der Waals surface area (Å²) in [4.78, 5) is 18.6. The van der Waals surface area contributed by atoms with E-state index in [1.807, 2.05) is 31.2 Å². The lowest BCUT2D eigenvalue weighted by molar-refractivity contribution is -0.137. The highest BCUT2D eigenvalue weighted by molar-refractivity contribution is 5.62. The predicted molar refractivity (Wildman–Crippen MR) is 89.8 cm³/mol. The van der Waals surface area contributed by atoms with Crippen LogP contribution >= 0.6 is 0 Å². The molecule has 0 aliphatic carbocycles. The van der Waals surface area contributed by atoms with Gasteiger partial charge in [-0.3, -0.25) is 9.78 Å². The largest absolute Gasteiger partial charge is 0.416 e. The molecule has 1 heterocycles. The highest BCUT2D eigenvalue weighted by Crippen LogP contribution is 2.31. The molecule has 2 aromatic carbocycles. The van der Waals surface area contributed by atoms with Crippen LogP contribution in [0.15, 0.2) is 59.4 Å². The molecule has 0 atom stereocenters. The van der Waals surface area contributed by atoms with Gasteiger partial charge >= 0.3 is 6.18 Å². The van der Waals surface area contributed by atoms with E-state index in [1.54, 1.807) is 0 Å². The van der Waals surface area contributed by atoms with Crippen LogP contribution in [0.2, 0.25) is 0 Å². The predicted octanol–water partition coefficient (Wildman–Crippen LogP) is 4.51. The van der Waals surface area contributed by atoms with Crippen LogP contribution in [0.25, 0.3) is 11.3 Å². The fourth-order valence-electron chi connectivity index (χ4n) is 2.38. The molecule has 1 aromatic heterocycles. The maximum absolute atomic E-state index is 12.8. The molecular weight excluding hydrogens is 331 g/mol. The number of aryl methyl sites for hydroxylation is 1. The molecule has 3 aromatic rings. The summed E-state index contributed by atoms with van der Waals surface area (Å²) in [6, 6.07) is 13.5. The zero-order valence-electron chi connectivity index (χ0n) is 13.2. The van der Waals surface area contributed by atoms with Crippen molar-refractivity contribution in [2.45, 2.75) is 13.1 Å². The third-order valence-corrected chi connectivity index (χ3v) is 3.51. The van der Waals surface area contributed by atoms with Crippen LogP contribution in [0.4, 0.5) is 24.8 Å². The van der Waals surface area contributed by atoms with Gasteiger partial charge in [-0.2, -0.15) is 13.2 Å². The molecule has 0 amide bonds. The Kier molecular flexibility index (Phi) is 4.31. The van der Waals surface area contributed by atoms with E-state index >= 15 is 0 Å². The van der Waals surface area contributed by atoms with Gasteiger partial charge in [-0.15, -0.1) is 0 Å². The Morgan fingerprint density at radius 2 is 1.80 bits per heavy atom. The maximum atomic E-state index is 12.8. The van der Waals surface area contributed by atoms with Gasteiger partial charge in [-0.05, 0) is 31.2 Å². The second kappa shape index (κ2) is 6.43. The molecule has 0 aliphatic heterocycles. The van der Waals surface area contributed by atoms with Crippen LogP contribution in [-0.4, -0.2) is 9.97 Å². The zero-order valence-corrected chi connectivity index (χ0v) is 13.2. The molecule has 0 aliphatic rings. The van der Waals surface area contributed by atoms with Crippen molar-refractivity contribution in [3.63, 3.8) is 0 Å². The summed E-state index contributed by atoms with van der Waals surface area (Å²) in [6.45, 7) is 1.92. The number of nitrogens with one attached hydrogen (secondary N) is 2. The average molecular weight is 345 g/mol. The van der Waals surface area contributed by atoms with E-state index in [9.17, 15) is 18.0 Å². The minimum atomic E-state index is -4.44.